The van der Waals surface area contributed by atoms with E-state index < -0.39 is 0 Å². The Bertz CT molecular complexity index is 390. The average Bonchev–Trinajstić information content (AvgIpc) is 2.79. The van der Waals surface area contributed by atoms with Crippen molar-refractivity contribution in [3.05, 3.63) is 21.9 Å². The van der Waals surface area contributed by atoms with Crippen LogP contribution in [0, 0.1) is 6.92 Å². The van der Waals surface area contributed by atoms with E-state index in [0.717, 1.165) is 6.54 Å². The third kappa shape index (κ3) is 3.15. The molecule has 1 saturated carbocycles. The summed E-state index contributed by atoms with van der Waals surface area (Å²) < 4.78 is 0. The third-order valence-corrected chi connectivity index (χ3v) is 5.78. The monoisotopic (exact) mass is 300 g/mol. The molecule has 4 heteroatoms. The first kappa shape index (κ1) is 15.3. The van der Waals surface area contributed by atoms with Crippen LogP contribution >= 0.6 is 23.7 Å². The standard InChI is InChI=1S/C15H24N2S.ClH/c1-13-5-10-18-14(13)11-17-9-8-16-12-15(17)6-3-2-4-7-15;/h5,10,16H,2-4,6-9,11-12H2,1H3;1H. The molecule has 1 aliphatic heterocycles. The number of nitrogens with zero attached hydrogens (tertiary/aromatic N) is 1. The normalized spacial score (nSPS) is 23.2. The van der Waals surface area contributed by atoms with E-state index in [4.69, 9.17) is 0 Å². The van der Waals surface area contributed by atoms with Gasteiger partial charge in [0.2, 0.25) is 0 Å². The first-order valence-corrected chi connectivity index (χ1v) is 8.17. The Morgan fingerprint density at radius 1 is 1.32 bits per heavy atom. The van der Waals surface area contributed by atoms with Gasteiger partial charge in [-0.3, -0.25) is 4.90 Å². The zero-order valence-corrected chi connectivity index (χ0v) is 13.4. The van der Waals surface area contributed by atoms with Crippen molar-refractivity contribution >= 4 is 23.7 Å². The van der Waals surface area contributed by atoms with Crippen molar-refractivity contribution in [3.8, 4) is 0 Å². The van der Waals surface area contributed by atoms with E-state index in [-0.39, 0.29) is 12.4 Å². The highest BCUT2D eigenvalue weighted by atomic mass is 35.5. The van der Waals surface area contributed by atoms with Crippen LogP contribution in [-0.4, -0.2) is 30.1 Å². The van der Waals surface area contributed by atoms with Gasteiger partial charge in [0.15, 0.2) is 0 Å². The Labute approximate surface area is 127 Å². The lowest BCUT2D eigenvalue weighted by molar-refractivity contribution is 0.0215. The summed E-state index contributed by atoms with van der Waals surface area (Å²) in [7, 11) is 0. The van der Waals surface area contributed by atoms with E-state index in [1.807, 2.05) is 11.3 Å². The molecule has 2 fully saturated rings. The third-order valence-electron chi connectivity index (χ3n) is 4.77. The topological polar surface area (TPSA) is 15.3 Å². The second-order valence-corrected chi connectivity index (χ2v) is 6.91. The van der Waals surface area contributed by atoms with Gasteiger partial charge in [-0.2, -0.15) is 0 Å². The van der Waals surface area contributed by atoms with Crippen LogP contribution in [0.25, 0.3) is 0 Å². The predicted molar refractivity (Wildman–Crippen MR) is 85.4 cm³/mol. The molecule has 0 atom stereocenters. The second kappa shape index (κ2) is 6.57. The number of thiophene rings is 1. The molecule has 0 radical (unpaired) electrons. The summed E-state index contributed by atoms with van der Waals surface area (Å²) in [5, 5.41) is 5.87. The van der Waals surface area contributed by atoms with E-state index >= 15 is 0 Å². The van der Waals surface area contributed by atoms with Crippen molar-refractivity contribution in [1.82, 2.24) is 10.2 Å². The summed E-state index contributed by atoms with van der Waals surface area (Å²) in [5.74, 6) is 0. The molecule has 1 aromatic heterocycles. The molecule has 1 aliphatic carbocycles. The molecule has 3 rings (SSSR count). The fourth-order valence-corrected chi connectivity index (χ4v) is 4.49. The molecule has 1 spiro atoms. The molecule has 2 aliphatic rings. The predicted octanol–water partition coefficient (Wildman–Crippen LogP) is 3.59. The summed E-state index contributed by atoms with van der Waals surface area (Å²) in [6.07, 6.45) is 7.06. The van der Waals surface area contributed by atoms with Gasteiger partial charge in [0.25, 0.3) is 0 Å². The maximum atomic E-state index is 3.63. The first-order valence-electron chi connectivity index (χ1n) is 7.29. The summed E-state index contributed by atoms with van der Waals surface area (Å²) in [6.45, 7) is 7.01. The zero-order valence-electron chi connectivity index (χ0n) is 11.8. The van der Waals surface area contributed by atoms with Crippen molar-refractivity contribution < 1.29 is 0 Å². The Balaban J connectivity index is 0.00000133. The number of hydrogen-bond donors (Lipinski definition) is 1. The van der Waals surface area contributed by atoms with Crippen molar-refractivity contribution in [1.29, 1.82) is 0 Å². The molecule has 1 aromatic rings. The van der Waals surface area contributed by atoms with E-state index in [0.29, 0.717) is 5.54 Å². The molecular formula is C15H25ClN2S. The summed E-state index contributed by atoms with van der Waals surface area (Å²) in [6, 6.07) is 2.26. The molecule has 0 bridgehead atoms. The molecule has 0 amide bonds. The highest BCUT2D eigenvalue weighted by Gasteiger charge is 2.39. The maximum absolute atomic E-state index is 3.63. The van der Waals surface area contributed by atoms with Gasteiger partial charge in [-0.15, -0.1) is 23.7 Å². The zero-order chi connectivity index (χ0) is 12.4. The van der Waals surface area contributed by atoms with E-state index in [2.05, 4.69) is 28.6 Å². The summed E-state index contributed by atoms with van der Waals surface area (Å²) in [4.78, 5) is 4.35. The highest BCUT2D eigenvalue weighted by Crippen LogP contribution is 2.36. The van der Waals surface area contributed by atoms with Crippen LogP contribution < -0.4 is 5.32 Å². The SMILES string of the molecule is Cc1ccsc1CN1CCNCC12CCCCC2.Cl. The van der Waals surface area contributed by atoms with Crippen LogP contribution in [-0.2, 0) is 6.54 Å². The molecule has 0 unspecified atom stereocenters. The van der Waals surface area contributed by atoms with E-state index in [1.54, 1.807) is 4.88 Å². The maximum Gasteiger partial charge on any atom is 0.0338 e. The fraction of sp³-hybridized carbons (Fsp3) is 0.733. The molecular weight excluding hydrogens is 276 g/mol. The van der Waals surface area contributed by atoms with Crippen LogP contribution in [0.3, 0.4) is 0 Å². The quantitative estimate of drug-likeness (QED) is 0.898. The van der Waals surface area contributed by atoms with Crippen molar-refractivity contribution in [3.63, 3.8) is 0 Å². The Hall–Kier alpha value is -0.0900. The Morgan fingerprint density at radius 2 is 2.11 bits per heavy atom. The number of piperazine rings is 1. The van der Waals surface area contributed by atoms with Crippen LogP contribution in [0.5, 0.6) is 0 Å². The molecule has 1 saturated heterocycles. The molecule has 0 aromatic carbocycles. The van der Waals surface area contributed by atoms with E-state index in [9.17, 15) is 0 Å². The van der Waals surface area contributed by atoms with Crippen LogP contribution in [0.15, 0.2) is 11.4 Å². The van der Waals surface area contributed by atoms with Crippen LogP contribution in [0.2, 0.25) is 0 Å². The Kier molecular flexibility index (Phi) is 5.29. The van der Waals surface area contributed by atoms with Gasteiger partial charge in [0.1, 0.15) is 0 Å². The number of halogens is 1. The average molecular weight is 301 g/mol. The van der Waals surface area contributed by atoms with Crippen LogP contribution in [0.4, 0.5) is 0 Å². The number of aryl methyl sites for hydroxylation is 1. The molecule has 1 N–H and O–H groups in total. The number of nitrogens with one attached hydrogen (secondary N) is 1. The minimum Gasteiger partial charge on any atom is -0.314 e. The van der Waals surface area contributed by atoms with Gasteiger partial charge >= 0.3 is 0 Å². The van der Waals surface area contributed by atoms with Crippen molar-refractivity contribution in [2.75, 3.05) is 19.6 Å². The lowest BCUT2D eigenvalue weighted by atomic mass is 9.79. The summed E-state index contributed by atoms with van der Waals surface area (Å²) >= 11 is 1.93. The number of rotatable bonds is 2. The van der Waals surface area contributed by atoms with E-state index in [1.165, 1.54) is 57.3 Å². The van der Waals surface area contributed by atoms with Gasteiger partial charge in [0.05, 0.1) is 0 Å². The van der Waals surface area contributed by atoms with Gasteiger partial charge in [-0.1, -0.05) is 19.3 Å². The van der Waals surface area contributed by atoms with Gasteiger partial charge in [-0.05, 0) is 36.8 Å². The largest absolute Gasteiger partial charge is 0.314 e. The minimum absolute atomic E-state index is 0. The lowest BCUT2D eigenvalue weighted by Crippen LogP contribution is -2.61. The second-order valence-electron chi connectivity index (χ2n) is 5.91. The lowest BCUT2D eigenvalue weighted by Gasteiger charge is -2.50. The molecule has 19 heavy (non-hydrogen) atoms. The summed E-state index contributed by atoms with van der Waals surface area (Å²) in [5.41, 5.74) is 1.94. The molecule has 2 nitrogen and oxygen atoms in total. The minimum atomic E-state index is 0. The van der Waals surface area contributed by atoms with Crippen LogP contribution in [0.1, 0.15) is 42.5 Å². The van der Waals surface area contributed by atoms with Gasteiger partial charge in [-0.25, -0.2) is 0 Å². The molecule has 108 valence electrons. The fourth-order valence-electron chi connectivity index (χ4n) is 3.57. The first-order chi connectivity index (χ1) is 8.80. The molecule has 2 heterocycles. The van der Waals surface area contributed by atoms with Crippen molar-refractivity contribution in [2.45, 2.75) is 51.1 Å². The Morgan fingerprint density at radius 3 is 2.79 bits per heavy atom. The van der Waals surface area contributed by atoms with Gasteiger partial charge in [0, 0.05) is 36.6 Å². The highest BCUT2D eigenvalue weighted by molar-refractivity contribution is 7.10. The van der Waals surface area contributed by atoms with Crippen molar-refractivity contribution in [2.24, 2.45) is 0 Å². The smallest absolute Gasteiger partial charge is 0.0338 e. The number of hydrogen-bond acceptors (Lipinski definition) is 3. The van der Waals surface area contributed by atoms with Gasteiger partial charge < -0.3 is 5.32 Å².